The van der Waals surface area contributed by atoms with Gasteiger partial charge in [-0.1, -0.05) is 26.0 Å². The molecule has 18 heavy (non-hydrogen) atoms. The van der Waals surface area contributed by atoms with Crippen LogP contribution >= 0.6 is 0 Å². The molecular weight excluding hydrogens is 222 g/mol. The molecule has 0 aromatic heterocycles. The van der Waals surface area contributed by atoms with Gasteiger partial charge in [0, 0.05) is 12.1 Å². The minimum atomic E-state index is 0.696. The minimum Gasteiger partial charge on any atom is -0.497 e. The maximum Gasteiger partial charge on any atom is 0.119 e. The van der Waals surface area contributed by atoms with Crippen LogP contribution in [0.4, 0.5) is 0 Å². The third-order valence-electron chi connectivity index (χ3n) is 4.16. The standard InChI is InChI=1S/C16H25NO/c1-4-14(5-2)17-15-9-13(10-15)12-7-6-8-16(11-12)18-3/h6-8,11,13-15,17H,4-5,9-10H2,1-3H3. The van der Waals surface area contributed by atoms with E-state index in [1.54, 1.807) is 7.11 Å². The average Bonchev–Trinajstić information content (AvgIpc) is 2.38. The minimum absolute atomic E-state index is 0.696. The molecule has 0 amide bonds. The summed E-state index contributed by atoms with van der Waals surface area (Å²) in [5.74, 6) is 1.69. The first-order valence-corrected chi connectivity index (χ1v) is 7.16. The van der Waals surface area contributed by atoms with E-state index < -0.39 is 0 Å². The van der Waals surface area contributed by atoms with E-state index in [9.17, 15) is 0 Å². The number of hydrogen-bond acceptors (Lipinski definition) is 2. The summed E-state index contributed by atoms with van der Waals surface area (Å²) in [4.78, 5) is 0. The summed E-state index contributed by atoms with van der Waals surface area (Å²) in [6.45, 7) is 4.53. The van der Waals surface area contributed by atoms with Gasteiger partial charge in [-0.3, -0.25) is 0 Å². The van der Waals surface area contributed by atoms with Gasteiger partial charge in [0.2, 0.25) is 0 Å². The molecule has 1 aromatic carbocycles. The van der Waals surface area contributed by atoms with Gasteiger partial charge in [-0.25, -0.2) is 0 Å². The lowest BCUT2D eigenvalue weighted by Gasteiger charge is -2.38. The van der Waals surface area contributed by atoms with Crippen molar-refractivity contribution >= 4 is 0 Å². The van der Waals surface area contributed by atoms with Gasteiger partial charge in [0.25, 0.3) is 0 Å². The van der Waals surface area contributed by atoms with Crippen LogP contribution in [0.5, 0.6) is 5.75 Å². The molecule has 2 rings (SSSR count). The third-order valence-corrected chi connectivity index (χ3v) is 4.16. The van der Waals surface area contributed by atoms with Crippen molar-refractivity contribution in [1.29, 1.82) is 0 Å². The predicted octanol–water partition coefficient (Wildman–Crippen LogP) is 3.72. The molecule has 0 unspecified atom stereocenters. The van der Waals surface area contributed by atoms with E-state index >= 15 is 0 Å². The summed E-state index contributed by atoms with van der Waals surface area (Å²) in [5.41, 5.74) is 1.43. The molecule has 100 valence electrons. The zero-order valence-corrected chi connectivity index (χ0v) is 11.8. The highest BCUT2D eigenvalue weighted by molar-refractivity contribution is 5.32. The Bertz CT molecular complexity index is 367. The maximum absolute atomic E-state index is 5.28. The van der Waals surface area contributed by atoms with Crippen molar-refractivity contribution in [3.05, 3.63) is 29.8 Å². The SMILES string of the molecule is CCC(CC)NC1CC(c2cccc(OC)c2)C1. The van der Waals surface area contributed by atoms with Crippen LogP contribution in [0.3, 0.4) is 0 Å². The number of rotatable bonds is 6. The second-order valence-corrected chi connectivity index (χ2v) is 5.32. The van der Waals surface area contributed by atoms with Crippen LogP contribution in [0.25, 0.3) is 0 Å². The Balaban J connectivity index is 1.84. The fourth-order valence-corrected chi connectivity index (χ4v) is 2.78. The van der Waals surface area contributed by atoms with Gasteiger partial charge >= 0.3 is 0 Å². The first-order valence-electron chi connectivity index (χ1n) is 7.16. The van der Waals surface area contributed by atoms with Crippen molar-refractivity contribution in [2.24, 2.45) is 0 Å². The molecule has 2 heteroatoms. The first kappa shape index (κ1) is 13.4. The van der Waals surface area contributed by atoms with E-state index in [2.05, 4.69) is 37.4 Å². The van der Waals surface area contributed by atoms with E-state index in [4.69, 9.17) is 4.74 Å². The van der Waals surface area contributed by atoms with Crippen LogP contribution in [0, 0.1) is 0 Å². The molecule has 1 fully saturated rings. The summed E-state index contributed by atoms with van der Waals surface area (Å²) in [6, 6.07) is 9.92. The lowest BCUT2D eigenvalue weighted by molar-refractivity contribution is 0.258. The Labute approximate surface area is 111 Å². The predicted molar refractivity (Wildman–Crippen MR) is 76.3 cm³/mol. The van der Waals surface area contributed by atoms with Crippen molar-refractivity contribution in [2.75, 3.05) is 7.11 Å². The molecule has 0 aliphatic heterocycles. The molecule has 1 aliphatic rings. The van der Waals surface area contributed by atoms with Crippen LogP contribution in [0.15, 0.2) is 24.3 Å². The zero-order chi connectivity index (χ0) is 13.0. The normalized spacial score (nSPS) is 22.9. The van der Waals surface area contributed by atoms with Gasteiger partial charge in [-0.05, 0) is 49.3 Å². The summed E-state index contributed by atoms with van der Waals surface area (Å²) in [6.07, 6.45) is 5.00. The van der Waals surface area contributed by atoms with E-state index in [0.29, 0.717) is 18.0 Å². The number of hydrogen-bond donors (Lipinski definition) is 1. The fourth-order valence-electron chi connectivity index (χ4n) is 2.78. The molecule has 1 N–H and O–H groups in total. The van der Waals surface area contributed by atoms with Crippen molar-refractivity contribution in [3.63, 3.8) is 0 Å². The highest BCUT2D eigenvalue weighted by Gasteiger charge is 2.31. The lowest BCUT2D eigenvalue weighted by atomic mass is 9.75. The number of methoxy groups -OCH3 is 1. The zero-order valence-electron chi connectivity index (χ0n) is 11.8. The van der Waals surface area contributed by atoms with Gasteiger partial charge in [-0.15, -0.1) is 0 Å². The Morgan fingerprint density at radius 2 is 2.00 bits per heavy atom. The van der Waals surface area contributed by atoms with Crippen LogP contribution in [-0.2, 0) is 0 Å². The maximum atomic E-state index is 5.28. The van der Waals surface area contributed by atoms with E-state index in [-0.39, 0.29) is 0 Å². The molecule has 1 aliphatic carbocycles. The third kappa shape index (κ3) is 3.05. The Hall–Kier alpha value is -1.02. The second kappa shape index (κ2) is 6.24. The summed E-state index contributed by atoms with van der Waals surface area (Å²) >= 11 is 0. The molecule has 0 saturated heterocycles. The lowest BCUT2D eigenvalue weighted by Crippen LogP contribution is -2.45. The van der Waals surface area contributed by atoms with Gasteiger partial charge in [0.1, 0.15) is 5.75 Å². The van der Waals surface area contributed by atoms with E-state index in [1.807, 2.05) is 6.07 Å². The Morgan fingerprint density at radius 1 is 1.28 bits per heavy atom. The topological polar surface area (TPSA) is 21.3 Å². The molecule has 1 aromatic rings. The molecule has 0 atom stereocenters. The molecule has 0 bridgehead atoms. The quantitative estimate of drug-likeness (QED) is 0.827. The van der Waals surface area contributed by atoms with Crippen LogP contribution in [0.2, 0.25) is 0 Å². The van der Waals surface area contributed by atoms with Crippen LogP contribution < -0.4 is 10.1 Å². The fraction of sp³-hybridized carbons (Fsp3) is 0.625. The summed E-state index contributed by atoms with van der Waals surface area (Å²) < 4.78 is 5.28. The number of nitrogens with one attached hydrogen (secondary N) is 1. The first-order chi connectivity index (χ1) is 8.76. The highest BCUT2D eigenvalue weighted by atomic mass is 16.5. The van der Waals surface area contributed by atoms with E-state index in [1.165, 1.54) is 31.2 Å². The molecule has 0 spiro atoms. The van der Waals surface area contributed by atoms with Gasteiger partial charge in [0.15, 0.2) is 0 Å². The summed E-state index contributed by atoms with van der Waals surface area (Å²) in [7, 11) is 1.73. The Morgan fingerprint density at radius 3 is 2.61 bits per heavy atom. The van der Waals surface area contributed by atoms with Crippen LogP contribution in [-0.4, -0.2) is 19.2 Å². The monoisotopic (exact) mass is 247 g/mol. The van der Waals surface area contributed by atoms with Crippen molar-refractivity contribution in [3.8, 4) is 5.75 Å². The van der Waals surface area contributed by atoms with Crippen molar-refractivity contribution in [2.45, 2.75) is 57.5 Å². The molecule has 0 heterocycles. The van der Waals surface area contributed by atoms with Crippen LogP contribution in [0.1, 0.15) is 51.0 Å². The molecule has 2 nitrogen and oxygen atoms in total. The van der Waals surface area contributed by atoms with Gasteiger partial charge in [-0.2, -0.15) is 0 Å². The Kier molecular flexibility index (Phi) is 4.65. The smallest absolute Gasteiger partial charge is 0.119 e. The highest BCUT2D eigenvalue weighted by Crippen LogP contribution is 2.38. The number of benzene rings is 1. The van der Waals surface area contributed by atoms with E-state index in [0.717, 1.165) is 5.75 Å². The second-order valence-electron chi connectivity index (χ2n) is 5.32. The largest absolute Gasteiger partial charge is 0.497 e. The molecule has 0 radical (unpaired) electrons. The number of ether oxygens (including phenoxy) is 1. The molecule has 1 saturated carbocycles. The van der Waals surface area contributed by atoms with Gasteiger partial charge < -0.3 is 10.1 Å². The molecular formula is C16H25NO. The summed E-state index contributed by atoms with van der Waals surface area (Å²) in [5, 5.41) is 3.75. The van der Waals surface area contributed by atoms with Crippen molar-refractivity contribution < 1.29 is 4.74 Å². The van der Waals surface area contributed by atoms with Crippen molar-refractivity contribution in [1.82, 2.24) is 5.32 Å². The average molecular weight is 247 g/mol. The van der Waals surface area contributed by atoms with Gasteiger partial charge in [0.05, 0.1) is 7.11 Å².